The lowest BCUT2D eigenvalue weighted by Crippen LogP contribution is -1.98. The van der Waals surface area contributed by atoms with Gasteiger partial charge in [-0.05, 0) is 29.5 Å². The highest BCUT2D eigenvalue weighted by atomic mass is 127. The Kier molecular flexibility index (Phi) is 2.53. The van der Waals surface area contributed by atoms with Gasteiger partial charge in [0.1, 0.15) is 3.70 Å². The largest absolute Gasteiger partial charge is 0.480 e. The molecule has 1 aromatic rings. The van der Waals surface area contributed by atoms with E-state index in [2.05, 4.69) is 34.6 Å². The highest BCUT2D eigenvalue weighted by Gasteiger charge is 2.01. The predicted molar refractivity (Wildman–Crippen MR) is 47.2 cm³/mol. The number of hydrogen-bond acceptors (Lipinski definition) is 2. The van der Waals surface area contributed by atoms with Crippen LogP contribution in [0.5, 0.6) is 5.88 Å². The molecule has 1 heterocycles. The van der Waals surface area contributed by atoms with E-state index in [1.165, 1.54) is 0 Å². The molecule has 0 spiro atoms. The van der Waals surface area contributed by atoms with Gasteiger partial charge >= 0.3 is 0 Å². The lowest BCUT2D eigenvalue weighted by Gasteiger charge is -1.94. The van der Waals surface area contributed by atoms with E-state index in [9.17, 15) is 0 Å². The van der Waals surface area contributed by atoms with Gasteiger partial charge in [-0.15, -0.1) is 5.10 Å². The highest BCUT2D eigenvalue weighted by molar-refractivity contribution is 14.1. The molecule has 0 aliphatic rings. The zero-order chi connectivity index (χ0) is 7.56. The van der Waals surface area contributed by atoms with E-state index in [-0.39, 0.29) is 0 Å². The van der Waals surface area contributed by atoms with Gasteiger partial charge in [0.25, 0.3) is 0 Å². The van der Waals surface area contributed by atoms with E-state index in [4.69, 9.17) is 4.74 Å². The molecule has 0 atom stereocenters. The molecule has 1 aromatic heterocycles. The molecule has 0 saturated carbocycles. The number of hydrogen-bond donors (Lipinski definition) is 0. The monoisotopic (exact) mass is 252 g/mol. The van der Waals surface area contributed by atoms with Gasteiger partial charge in [0.2, 0.25) is 5.88 Å². The maximum absolute atomic E-state index is 4.94. The molecule has 0 saturated heterocycles. The summed E-state index contributed by atoms with van der Waals surface area (Å²) >= 11 is 2.23. The van der Waals surface area contributed by atoms with Crippen LogP contribution in [-0.2, 0) is 6.54 Å². The number of nitrogens with zero attached hydrogens (tertiary/aromatic N) is 2. The number of ether oxygens (including phenoxy) is 1. The van der Waals surface area contributed by atoms with Crippen molar-refractivity contribution < 1.29 is 4.74 Å². The normalized spacial score (nSPS) is 9.90. The lowest BCUT2D eigenvalue weighted by atomic mass is 10.7. The summed E-state index contributed by atoms with van der Waals surface area (Å²) in [6.45, 7) is 2.94. The first kappa shape index (κ1) is 7.84. The van der Waals surface area contributed by atoms with Gasteiger partial charge in [-0.2, -0.15) is 0 Å². The van der Waals surface area contributed by atoms with Crippen LogP contribution in [0, 0.1) is 3.70 Å². The van der Waals surface area contributed by atoms with Crippen molar-refractivity contribution in [3.8, 4) is 5.88 Å². The summed E-state index contributed by atoms with van der Waals surface area (Å²) < 4.78 is 7.94. The van der Waals surface area contributed by atoms with Crippen LogP contribution >= 0.6 is 22.6 Å². The van der Waals surface area contributed by atoms with Crippen LogP contribution in [0.3, 0.4) is 0 Å². The van der Waals surface area contributed by atoms with Crippen molar-refractivity contribution in [1.29, 1.82) is 0 Å². The Morgan fingerprint density at radius 3 is 2.80 bits per heavy atom. The fourth-order valence-electron chi connectivity index (χ4n) is 0.694. The summed E-state index contributed by atoms with van der Waals surface area (Å²) in [6.07, 6.45) is 0. The molecule has 0 bridgehead atoms. The average molecular weight is 252 g/mol. The van der Waals surface area contributed by atoms with Crippen molar-refractivity contribution in [2.24, 2.45) is 0 Å². The zero-order valence-electron chi connectivity index (χ0n) is 5.97. The van der Waals surface area contributed by atoms with Gasteiger partial charge in [0, 0.05) is 12.6 Å². The quantitative estimate of drug-likeness (QED) is 0.746. The molecule has 0 radical (unpaired) electrons. The first-order valence-electron chi connectivity index (χ1n) is 3.05. The third-order valence-corrected chi connectivity index (χ3v) is 2.09. The first-order valence-corrected chi connectivity index (χ1v) is 4.13. The molecule has 0 aliphatic carbocycles. The van der Waals surface area contributed by atoms with Crippen molar-refractivity contribution in [3.63, 3.8) is 0 Å². The van der Waals surface area contributed by atoms with Crippen LogP contribution in [0.2, 0.25) is 0 Å². The second kappa shape index (κ2) is 3.23. The third kappa shape index (κ3) is 1.42. The molecular formula is C6H9IN2O. The van der Waals surface area contributed by atoms with E-state index in [0.29, 0.717) is 5.88 Å². The topological polar surface area (TPSA) is 27.1 Å². The summed E-state index contributed by atoms with van der Waals surface area (Å²) in [5, 5.41) is 4.13. The van der Waals surface area contributed by atoms with Crippen LogP contribution < -0.4 is 4.74 Å². The Hall–Kier alpha value is -0.260. The van der Waals surface area contributed by atoms with E-state index in [1.807, 2.05) is 10.7 Å². The van der Waals surface area contributed by atoms with Crippen molar-refractivity contribution in [3.05, 3.63) is 9.77 Å². The zero-order valence-corrected chi connectivity index (χ0v) is 8.12. The second-order valence-electron chi connectivity index (χ2n) is 1.83. The standard InChI is InChI=1S/C6H9IN2O/c1-3-9-5(7)4-6(8-9)10-2/h4H,3H2,1-2H3. The third-order valence-electron chi connectivity index (χ3n) is 1.22. The molecular weight excluding hydrogens is 243 g/mol. The Morgan fingerprint density at radius 1 is 1.80 bits per heavy atom. The fourth-order valence-corrected chi connectivity index (χ4v) is 1.41. The maximum Gasteiger partial charge on any atom is 0.233 e. The van der Waals surface area contributed by atoms with Crippen LogP contribution in [0.25, 0.3) is 0 Å². The Morgan fingerprint density at radius 2 is 2.50 bits per heavy atom. The van der Waals surface area contributed by atoms with E-state index >= 15 is 0 Å². The summed E-state index contributed by atoms with van der Waals surface area (Å²) in [7, 11) is 1.62. The predicted octanol–water partition coefficient (Wildman–Crippen LogP) is 1.52. The Balaban J connectivity index is 2.92. The minimum Gasteiger partial charge on any atom is -0.480 e. The van der Waals surface area contributed by atoms with Crippen LogP contribution in [0.15, 0.2) is 6.07 Å². The van der Waals surface area contributed by atoms with Crippen LogP contribution in [0.1, 0.15) is 6.92 Å². The van der Waals surface area contributed by atoms with Crippen LogP contribution in [-0.4, -0.2) is 16.9 Å². The molecule has 3 nitrogen and oxygen atoms in total. The smallest absolute Gasteiger partial charge is 0.233 e. The summed E-state index contributed by atoms with van der Waals surface area (Å²) in [6, 6.07) is 1.91. The van der Waals surface area contributed by atoms with Gasteiger partial charge in [-0.25, -0.2) is 0 Å². The first-order chi connectivity index (χ1) is 4.77. The van der Waals surface area contributed by atoms with E-state index in [1.54, 1.807) is 7.11 Å². The Bertz CT molecular complexity index is 222. The molecule has 0 aliphatic heterocycles. The van der Waals surface area contributed by atoms with Gasteiger partial charge < -0.3 is 4.74 Å². The van der Waals surface area contributed by atoms with Crippen molar-refractivity contribution in [2.75, 3.05) is 7.11 Å². The number of methoxy groups -OCH3 is 1. The molecule has 0 fully saturated rings. The number of rotatable bonds is 2. The van der Waals surface area contributed by atoms with E-state index in [0.717, 1.165) is 10.2 Å². The lowest BCUT2D eigenvalue weighted by molar-refractivity contribution is 0.389. The summed E-state index contributed by atoms with van der Waals surface area (Å²) in [4.78, 5) is 0. The molecule has 56 valence electrons. The second-order valence-corrected chi connectivity index (χ2v) is 2.93. The molecule has 0 amide bonds. The van der Waals surface area contributed by atoms with Crippen molar-refractivity contribution in [1.82, 2.24) is 9.78 Å². The highest BCUT2D eigenvalue weighted by Crippen LogP contribution is 2.12. The summed E-state index contributed by atoms with van der Waals surface area (Å²) in [5.74, 6) is 0.686. The van der Waals surface area contributed by atoms with Gasteiger partial charge in [0.05, 0.1) is 7.11 Å². The molecule has 4 heteroatoms. The molecule has 0 N–H and O–H groups in total. The number of aryl methyl sites for hydroxylation is 1. The van der Waals surface area contributed by atoms with Crippen molar-refractivity contribution >= 4 is 22.6 Å². The van der Waals surface area contributed by atoms with Gasteiger partial charge in [-0.1, -0.05) is 0 Å². The molecule has 0 aromatic carbocycles. The Labute approximate surface area is 73.5 Å². The number of halogens is 1. The molecule has 1 rings (SSSR count). The van der Waals surface area contributed by atoms with E-state index < -0.39 is 0 Å². The number of aromatic nitrogens is 2. The van der Waals surface area contributed by atoms with Crippen LogP contribution in [0.4, 0.5) is 0 Å². The van der Waals surface area contributed by atoms with Gasteiger partial charge in [0.15, 0.2) is 0 Å². The summed E-state index contributed by atoms with van der Waals surface area (Å²) in [5.41, 5.74) is 0. The average Bonchev–Trinajstić information content (AvgIpc) is 2.30. The van der Waals surface area contributed by atoms with Crippen molar-refractivity contribution in [2.45, 2.75) is 13.5 Å². The maximum atomic E-state index is 4.94. The molecule has 10 heavy (non-hydrogen) atoms. The van der Waals surface area contributed by atoms with Gasteiger partial charge in [-0.3, -0.25) is 4.68 Å². The minimum absolute atomic E-state index is 0.686. The SMILES string of the molecule is CCn1nc(OC)cc1I. The molecule has 0 unspecified atom stereocenters. The minimum atomic E-state index is 0.686. The fraction of sp³-hybridized carbons (Fsp3) is 0.500.